The van der Waals surface area contributed by atoms with E-state index in [2.05, 4.69) is 15.9 Å². The van der Waals surface area contributed by atoms with Gasteiger partial charge in [-0.25, -0.2) is 4.39 Å². The summed E-state index contributed by atoms with van der Waals surface area (Å²) >= 11 is 4.81. The van der Waals surface area contributed by atoms with E-state index in [1.807, 2.05) is 24.3 Å². The van der Waals surface area contributed by atoms with Crippen LogP contribution >= 0.6 is 27.7 Å². The molecule has 0 bridgehead atoms. The molecule has 0 aliphatic heterocycles. The second-order valence-corrected chi connectivity index (χ2v) is 6.36. The third kappa shape index (κ3) is 4.58. The molecule has 0 radical (unpaired) electrons. The van der Waals surface area contributed by atoms with Crippen LogP contribution in [0.4, 0.5) is 4.39 Å². The van der Waals surface area contributed by atoms with Gasteiger partial charge in [0.25, 0.3) is 0 Å². The summed E-state index contributed by atoms with van der Waals surface area (Å²) in [5, 5.41) is 0. The molecule has 0 fully saturated rings. The predicted octanol–water partition coefficient (Wildman–Crippen LogP) is 4.50. The molecule has 110 valence electrons. The van der Waals surface area contributed by atoms with Crippen LogP contribution in [0.15, 0.2) is 51.8 Å². The SMILES string of the molecule is COc1cccc(CC(=O)CSc2ccc(Br)cc2)c1F. The number of hydrogen-bond acceptors (Lipinski definition) is 3. The van der Waals surface area contributed by atoms with E-state index in [1.165, 1.54) is 18.9 Å². The number of methoxy groups -OCH3 is 1. The second-order valence-electron chi connectivity index (χ2n) is 4.39. The lowest BCUT2D eigenvalue weighted by molar-refractivity contribution is -0.116. The lowest BCUT2D eigenvalue weighted by Gasteiger charge is -2.07. The Morgan fingerprint density at radius 3 is 2.62 bits per heavy atom. The van der Waals surface area contributed by atoms with Crippen molar-refractivity contribution in [1.82, 2.24) is 0 Å². The standard InChI is InChI=1S/C16H14BrFO2S/c1-20-15-4-2-3-11(16(15)18)9-13(19)10-21-14-7-5-12(17)6-8-14/h2-8H,9-10H2,1H3. The van der Waals surface area contributed by atoms with Gasteiger partial charge in [0, 0.05) is 15.8 Å². The van der Waals surface area contributed by atoms with Gasteiger partial charge in [0.2, 0.25) is 0 Å². The number of ketones is 1. The van der Waals surface area contributed by atoms with Crippen molar-refractivity contribution in [2.75, 3.05) is 12.9 Å². The van der Waals surface area contributed by atoms with Gasteiger partial charge in [0.05, 0.1) is 12.9 Å². The molecule has 2 rings (SSSR count). The highest BCUT2D eigenvalue weighted by molar-refractivity contribution is 9.10. The molecule has 21 heavy (non-hydrogen) atoms. The fraction of sp³-hybridized carbons (Fsp3) is 0.188. The number of carbonyl (C=O) groups excluding carboxylic acids is 1. The van der Waals surface area contributed by atoms with E-state index in [1.54, 1.807) is 18.2 Å². The zero-order chi connectivity index (χ0) is 15.2. The Labute approximate surface area is 135 Å². The molecule has 0 aromatic heterocycles. The Kier molecular flexibility index (Phi) is 5.82. The van der Waals surface area contributed by atoms with Crippen LogP contribution in [0.3, 0.4) is 0 Å². The van der Waals surface area contributed by atoms with Crippen LogP contribution in [-0.4, -0.2) is 18.6 Å². The molecule has 0 heterocycles. The van der Waals surface area contributed by atoms with Crippen LogP contribution in [0.25, 0.3) is 0 Å². The molecular formula is C16H14BrFO2S. The fourth-order valence-electron chi connectivity index (χ4n) is 1.81. The van der Waals surface area contributed by atoms with E-state index in [4.69, 9.17) is 4.74 Å². The predicted molar refractivity (Wildman–Crippen MR) is 86.5 cm³/mol. The van der Waals surface area contributed by atoms with Crippen molar-refractivity contribution in [3.05, 3.63) is 58.3 Å². The summed E-state index contributed by atoms with van der Waals surface area (Å²) in [7, 11) is 1.41. The minimum atomic E-state index is -0.456. The Hall–Kier alpha value is -1.33. The van der Waals surface area contributed by atoms with Crippen molar-refractivity contribution in [2.45, 2.75) is 11.3 Å². The Morgan fingerprint density at radius 1 is 1.24 bits per heavy atom. The Morgan fingerprint density at radius 2 is 1.95 bits per heavy atom. The molecule has 2 aromatic carbocycles. The summed E-state index contributed by atoms with van der Waals surface area (Å²) in [6.45, 7) is 0. The number of benzene rings is 2. The third-order valence-corrected chi connectivity index (χ3v) is 4.46. The Balaban J connectivity index is 1.94. The average Bonchev–Trinajstić information content (AvgIpc) is 2.49. The first-order valence-corrected chi connectivity index (χ1v) is 8.09. The smallest absolute Gasteiger partial charge is 0.168 e. The van der Waals surface area contributed by atoms with Gasteiger partial charge in [0.15, 0.2) is 11.6 Å². The largest absolute Gasteiger partial charge is 0.494 e. The molecule has 0 saturated carbocycles. The molecule has 0 aliphatic rings. The summed E-state index contributed by atoms with van der Waals surface area (Å²) < 4.78 is 19.9. The highest BCUT2D eigenvalue weighted by atomic mass is 79.9. The van der Waals surface area contributed by atoms with Crippen molar-refractivity contribution in [2.24, 2.45) is 0 Å². The normalized spacial score (nSPS) is 10.4. The molecule has 0 aliphatic carbocycles. The highest BCUT2D eigenvalue weighted by Gasteiger charge is 2.12. The van der Waals surface area contributed by atoms with E-state index < -0.39 is 5.82 Å². The van der Waals surface area contributed by atoms with Crippen LogP contribution in [0.5, 0.6) is 5.75 Å². The van der Waals surface area contributed by atoms with Crippen molar-refractivity contribution in [1.29, 1.82) is 0 Å². The molecule has 0 unspecified atom stereocenters. The maximum atomic E-state index is 14.0. The minimum absolute atomic E-state index is 0.0185. The first kappa shape index (κ1) is 16.0. The zero-order valence-electron chi connectivity index (χ0n) is 11.4. The molecule has 2 nitrogen and oxygen atoms in total. The van der Waals surface area contributed by atoms with E-state index in [0.717, 1.165) is 9.37 Å². The van der Waals surface area contributed by atoms with Gasteiger partial charge in [-0.3, -0.25) is 4.79 Å². The van der Waals surface area contributed by atoms with Crippen molar-refractivity contribution >= 4 is 33.5 Å². The summed E-state index contributed by atoms with van der Waals surface area (Å²) in [6.07, 6.45) is 0.0760. The highest BCUT2D eigenvalue weighted by Crippen LogP contribution is 2.23. The molecule has 2 aromatic rings. The first-order valence-electron chi connectivity index (χ1n) is 6.31. The summed E-state index contributed by atoms with van der Waals surface area (Å²) in [5.41, 5.74) is 0.371. The molecule has 0 N–H and O–H groups in total. The molecule has 0 saturated heterocycles. The zero-order valence-corrected chi connectivity index (χ0v) is 13.8. The van der Waals surface area contributed by atoms with Gasteiger partial charge >= 0.3 is 0 Å². The summed E-state index contributed by atoms with van der Waals surface area (Å²) in [6, 6.07) is 12.6. The van der Waals surface area contributed by atoms with Crippen LogP contribution < -0.4 is 4.74 Å². The lowest BCUT2D eigenvalue weighted by atomic mass is 10.1. The molecule has 0 spiro atoms. The van der Waals surface area contributed by atoms with E-state index in [0.29, 0.717) is 11.3 Å². The monoisotopic (exact) mass is 368 g/mol. The molecular weight excluding hydrogens is 355 g/mol. The van der Waals surface area contributed by atoms with Gasteiger partial charge in [0.1, 0.15) is 5.78 Å². The number of Topliss-reactive ketones (excluding diaryl/α,β-unsaturated/α-hetero) is 1. The van der Waals surface area contributed by atoms with Crippen LogP contribution in [0.2, 0.25) is 0 Å². The van der Waals surface area contributed by atoms with Crippen molar-refractivity contribution in [3.8, 4) is 5.75 Å². The topological polar surface area (TPSA) is 26.3 Å². The number of hydrogen-bond donors (Lipinski definition) is 0. The number of thioether (sulfide) groups is 1. The molecule has 5 heteroatoms. The fourth-order valence-corrected chi connectivity index (χ4v) is 2.83. The summed E-state index contributed by atoms with van der Waals surface area (Å²) in [4.78, 5) is 13.0. The number of rotatable bonds is 6. The summed E-state index contributed by atoms with van der Waals surface area (Å²) in [5.74, 6) is 0.0103. The van der Waals surface area contributed by atoms with Gasteiger partial charge in [-0.15, -0.1) is 11.8 Å². The van der Waals surface area contributed by atoms with E-state index in [-0.39, 0.29) is 18.0 Å². The second kappa shape index (κ2) is 7.61. The maximum absolute atomic E-state index is 14.0. The van der Waals surface area contributed by atoms with Gasteiger partial charge in [-0.2, -0.15) is 0 Å². The number of ether oxygens (including phenoxy) is 1. The van der Waals surface area contributed by atoms with Gasteiger partial charge < -0.3 is 4.74 Å². The maximum Gasteiger partial charge on any atom is 0.168 e. The average molecular weight is 369 g/mol. The van der Waals surface area contributed by atoms with Crippen LogP contribution in [0, 0.1) is 5.82 Å². The van der Waals surface area contributed by atoms with Crippen molar-refractivity contribution < 1.29 is 13.9 Å². The molecule has 0 atom stereocenters. The quantitative estimate of drug-likeness (QED) is 0.702. The van der Waals surface area contributed by atoms with E-state index >= 15 is 0 Å². The van der Waals surface area contributed by atoms with Gasteiger partial charge in [-0.1, -0.05) is 28.1 Å². The Bertz CT molecular complexity index is 629. The third-order valence-electron chi connectivity index (χ3n) is 2.86. The lowest BCUT2D eigenvalue weighted by Crippen LogP contribution is -2.07. The number of carbonyl (C=O) groups is 1. The van der Waals surface area contributed by atoms with Crippen LogP contribution in [-0.2, 0) is 11.2 Å². The molecule has 0 amide bonds. The first-order chi connectivity index (χ1) is 10.1. The van der Waals surface area contributed by atoms with E-state index in [9.17, 15) is 9.18 Å². The number of halogens is 2. The van der Waals surface area contributed by atoms with Crippen molar-refractivity contribution in [3.63, 3.8) is 0 Å². The van der Waals surface area contributed by atoms with Gasteiger partial charge in [-0.05, 0) is 35.9 Å². The minimum Gasteiger partial charge on any atom is -0.494 e. The van der Waals surface area contributed by atoms with Crippen LogP contribution in [0.1, 0.15) is 5.56 Å².